The van der Waals surface area contributed by atoms with Gasteiger partial charge in [-0.3, -0.25) is 4.79 Å². The summed E-state index contributed by atoms with van der Waals surface area (Å²) in [5.41, 5.74) is 0.722. The van der Waals surface area contributed by atoms with Gasteiger partial charge in [0.05, 0.1) is 0 Å². The van der Waals surface area contributed by atoms with Crippen molar-refractivity contribution in [2.45, 2.75) is 25.8 Å². The van der Waals surface area contributed by atoms with E-state index in [0.717, 1.165) is 12.1 Å². The van der Waals surface area contributed by atoms with E-state index in [1.165, 1.54) is 0 Å². The van der Waals surface area contributed by atoms with Gasteiger partial charge in [0.15, 0.2) is 0 Å². The Morgan fingerprint density at radius 1 is 1.82 bits per heavy atom. The molecule has 0 bridgehead atoms. The highest BCUT2D eigenvalue weighted by atomic mass is 16.2. The van der Waals surface area contributed by atoms with Crippen LogP contribution in [0.4, 0.5) is 0 Å². The lowest BCUT2D eigenvalue weighted by Gasteiger charge is -2.21. The van der Waals surface area contributed by atoms with E-state index in [9.17, 15) is 4.79 Å². The molecule has 1 rings (SSSR count). The Labute approximate surface area is 67.2 Å². The fourth-order valence-corrected chi connectivity index (χ4v) is 1.37. The molecule has 0 aromatic rings. The highest BCUT2D eigenvalue weighted by Gasteiger charge is 2.27. The highest BCUT2D eigenvalue weighted by molar-refractivity contribution is 5.80. The average Bonchev–Trinajstić information content (AvgIpc) is 2.30. The fraction of sp³-hybridized carbons (Fsp3) is 0.444. The normalized spacial score (nSPS) is 23.9. The van der Waals surface area contributed by atoms with Crippen molar-refractivity contribution in [1.82, 2.24) is 4.90 Å². The monoisotopic (exact) mass is 151 g/mol. The lowest BCUT2D eigenvalue weighted by atomic mass is 10.2. The van der Waals surface area contributed by atoms with E-state index in [1.54, 1.807) is 11.0 Å². The minimum atomic E-state index is 0.169. The summed E-state index contributed by atoms with van der Waals surface area (Å²) in [6, 6.07) is 0.299. The molecule has 0 spiro atoms. The Hall–Kier alpha value is -1.05. The van der Waals surface area contributed by atoms with E-state index < -0.39 is 0 Å². The first-order valence-corrected chi connectivity index (χ1v) is 3.80. The predicted octanol–water partition coefficient (Wildman–Crippen LogP) is 1.70. The zero-order valence-electron chi connectivity index (χ0n) is 6.84. The number of nitrogens with zero attached hydrogens (tertiary/aromatic N) is 1. The molecule has 1 amide bonds. The van der Waals surface area contributed by atoms with Crippen molar-refractivity contribution in [2.24, 2.45) is 0 Å². The standard InChI is InChI=1S/C9H13NO/c1-4-7(2)10-8(3)5-6-9(10)11/h4,8H,1-2,5-6H2,3H3. The number of hydrogen-bond donors (Lipinski definition) is 0. The van der Waals surface area contributed by atoms with Crippen LogP contribution in [0.25, 0.3) is 0 Å². The van der Waals surface area contributed by atoms with Crippen LogP contribution in [-0.4, -0.2) is 16.8 Å². The Bertz CT molecular complexity index is 208. The van der Waals surface area contributed by atoms with Crippen LogP contribution in [0.3, 0.4) is 0 Å². The fourth-order valence-electron chi connectivity index (χ4n) is 1.37. The molecule has 0 aliphatic carbocycles. The summed E-state index contributed by atoms with van der Waals surface area (Å²) < 4.78 is 0. The Kier molecular flexibility index (Phi) is 2.13. The number of carbonyl (C=O) groups is 1. The van der Waals surface area contributed by atoms with Gasteiger partial charge in [0.2, 0.25) is 5.91 Å². The van der Waals surface area contributed by atoms with Crippen molar-refractivity contribution in [1.29, 1.82) is 0 Å². The van der Waals surface area contributed by atoms with Gasteiger partial charge in [-0.25, -0.2) is 0 Å². The van der Waals surface area contributed by atoms with Gasteiger partial charge in [-0.2, -0.15) is 0 Å². The van der Waals surface area contributed by atoms with Crippen molar-refractivity contribution in [3.8, 4) is 0 Å². The van der Waals surface area contributed by atoms with E-state index in [-0.39, 0.29) is 5.91 Å². The maximum absolute atomic E-state index is 11.2. The average molecular weight is 151 g/mol. The van der Waals surface area contributed by atoms with Crippen molar-refractivity contribution in [3.05, 3.63) is 24.9 Å². The topological polar surface area (TPSA) is 20.3 Å². The molecule has 2 heteroatoms. The van der Waals surface area contributed by atoms with Crippen LogP contribution >= 0.6 is 0 Å². The van der Waals surface area contributed by atoms with Crippen LogP contribution in [0.2, 0.25) is 0 Å². The molecular formula is C9H13NO. The van der Waals surface area contributed by atoms with Crippen molar-refractivity contribution in [3.63, 3.8) is 0 Å². The number of hydrogen-bond acceptors (Lipinski definition) is 1. The molecule has 0 saturated carbocycles. The molecule has 0 aromatic heterocycles. The summed E-state index contributed by atoms with van der Waals surface area (Å²) in [5.74, 6) is 0.169. The number of likely N-dealkylation sites (tertiary alicyclic amines) is 1. The predicted molar refractivity (Wildman–Crippen MR) is 44.9 cm³/mol. The molecule has 1 heterocycles. The van der Waals surface area contributed by atoms with E-state index in [2.05, 4.69) is 13.2 Å². The minimum absolute atomic E-state index is 0.169. The molecule has 0 radical (unpaired) electrons. The third-order valence-electron chi connectivity index (χ3n) is 2.03. The Balaban J connectivity index is 2.76. The van der Waals surface area contributed by atoms with Crippen molar-refractivity contribution < 1.29 is 4.79 Å². The molecule has 0 aromatic carbocycles. The number of allylic oxidation sites excluding steroid dienone is 1. The van der Waals surface area contributed by atoms with E-state index in [4.69, 9.17) is 0 Å². The van der Waals surface area contributed by atoms with Gasteiger partial charge in [-0.1, -0.05) is 13.2 Å². The lowest BCUT2D eigenvalue weighted by Crippen LogP contribution is -2.28. The van der Waals surface area contributed by atoms with Crippen molar-refractivity contribution in [2.75, 3.05) is 0 Å². The zero-order chi connectivity index (χ0) is 8.43. The van der Waals surface area contributed by atoms with Crippen LogP contribution in [-0.2, 0) is 4.79 Å². The maximum atomic E-state index is 11.2. The maximum Gasteiger partial charge on any atom is 0.227 e. The number of rotatable bonds is 2. The molecule has 2 nitrogen and oxygen atoms in total. The Morgan fingerprint density at radius 3 is 2.82 bits per heavy atom. The summed E-state index contributed by atoms with van der Waals surface area (Å²) in [7, 11) is 0. The summed E-state index contributed by atoms with van der Waals surface area (Å²) in [6.07, 6.45) is 3.21. The second-order valence-corrected chi connectivity index (χ2v) is 2.85. The number of amides is 1. The van der Waals surface area contributed by atoms with E-state index >= 15 is 0 Å². The second-order valence-electron chi connectivity index (χ2n) is 2.85. The molecule has 1 aliphatic heterocycles. The van der Waals surface area contributed by atoms with Crippen LogP contribution in [0.15, 0.2) is 24.9 Å². The van der Waals surface area contributed by atoms with Gasteiger partial charge in [-0.15, -0.1) is 0 Å². The first kappa shape index (κ1) is 8.05. The van der Waals surface area contributed by atoms with Crippen LogP contribution in [0.5, 0.6) is 0 Å². The molecule has 1 saturated heterocycles. The van der Waals surface area contributed by atoms with E-state index in [0.29, 0.717) is 12.5 Å². The molecule has 0 N–H and O–H groups in total. The molecule has 1 fully saturated rings. The zero-order valence-corrected chi connectivity index (χ0v) is 6.84. The van der Waals surface area contributed by atoms with Crippen LogP contribution in [0, 0.1) is 0 Å². The molecule has 1 unspecified atom stereocenters. The second kappa shape index (κ2) is 2.91. The van der Waals surface area contributed by atoms with Gasteiger partial charge >= 0.3 is 0 Å². The molecule has 1 atom stereocenters. The first-order valence-electron chi connectivity index (χ1n) is 3.80. The van der Waals surface area contributed by atoms with Crippen LogP contribution < -0.4 is 0 Å². The molecule has 1 aliphatic rings. The lowest BCUT2D eigenvalue weighted by molar-refractivity contribution is -0.126. The Morgan fingerprint density at radius 2 is 2.45 bits per heavy atom. The SMILES string of the molecule is C=CC(=C)N1C(=O)CCC1C. The van der Waals surface area contributed by atoms with Gasteiger partial charge in [0.1, 0.15) is 0 Å². The quantitative estimate of drug-likeness (QED) is 0.550. The van der Waals surface area contributed by atoms with Gasteiger partial charge in [0.25, 0.3) is 0 Å². The highest BCUT2D eigenvalue weighted by Crippen LogP contribution is 2.22. The van der Waals surface area contributed by atoms with Gasteiger partial charge < -0.3 is 4.90 Å². The molecule has 60 valence electrons. The third-order valence-corrected chi connectivity index (χ3v) is 2.03. The minimum Gasteiger partial charge on any atom is -0.310 e. The summed E-state index contributed by atoms with van der Waals surface area (Å²) in [4.78, 5) is 12.9. The third kappa shape index (κ3) is 1.34. The number of carbonyl (C=O) groups excluding carboxylic acids is 1. The summed E-state index contributed by atoms with van der Waals surface area (Å²) >= 11 is 0. The van der Waals surface area contributed by atoms with E-state index in [1.807, 2.05) is 6.92 Å². The smallest absolute Gasteiger partial charge is 0.227 e. The first-order chi connectivity index (χ1) is 5.16. The molecular weight excluding hydrogens is 138 g/mol. The van der Waals surface area contributed by atoms with Crippen LogP contribution in [0.1, 0.15) is 19.8 Å². The molecule has 11 heavy (non-hydrogen) atoms. The summed E-state index contributed by atoms with van der Waals surface area (Å²) in [6.45, 7) is 9.35. The van der Waals surface area contributed by atoms with Crippen molar-refractivity contribution >= 4 is 5.91 Å². The summed E-state index contributed by atoms with van der Waals surface area (Å²) in [5, 5.41) is 0. The van der Waals surface area contributed by atoms with Gasteiger partial charge in [-0.05, 0) is 19.4 Å². The largest absolute Gasteiger partial charge is 0.310 e. The van der Waals surface area contributed by atoms with Gasteiger partial charge in [0, 0.05) is 18.2 Å².